The number of hydrogen-bond acceptors (Lipinski definition) is 1. The quantitative estimate of drug-likeness (QED) is 0.754. The average molecular weight is 273 g/mol. The molecule has 1 nitrogen and oxygen atoms in total. The van der Waals surface area contributed by atoms with Crippen LogP contribution in [0.2, 0.25) is 0 Å². The Bertz CT molecular complexity index is 398. The SMILES string of the molecule is CC(C)c1ccc(C(C)NCC2(C)CCCCC2)cc1. The second-order valence-corrected chi connectivity index (χ2v) is 7.30. The van der Waals surface area contributed by atoms with Gasteiger partial charge in [-0.05, 0) is 42.2 Å². The molecule has 0 radical (unpaired) electrons. The van der Waals surface area contributed by atoms with E-state index in [4.69, 9.17) is 0 Å². The Labute approximate surface area is 125 Å². The van der Waals surface area contributed by atoms with E-state index in [1.54, 1.807) is 0 Å². The molecule has 0 saturated heterocycles. The maximum atomic E-state index is 3.76. The lowest BCUT2D eigenvalue weighted by Gasteiger charge is -2.35. The van der Waals surface area contributed by atoms with Gasteiger partial charge in [0.2, 0.25) is 0 Å². The second-order valence-electron chi connectivity index (χ2n) is 7.30. The van der Waals surface area contributed by atoms with Gasteiger partial charge >= 0.3 is 0 Å². The van der Waals surface area contributed by atoms with E-state index >= 15 is 0 Å². The molecule has 1 aromatic rings. The zero-order valence-corrected chi connectivity index (χ0v) is 13.7. The molecule has 0 spiro atoms. The van der Waals surface area contributed by atoms with E-state index in [1.165, 1.54) is 43.2 Å². The summed E-state index contributed by atoms with van der Waals surface area (Å²) in [4.78, 5) is 0. The fourth-order valence-electron chi connectivity index (χ4n) is 3.27. The molecule has 112 valence electrons. The van der Waals surface area contributed by atoms with Gasteiger partial charge in [0.1, 0.15) is 0 Å². The lowest BCUT2D eigenvalue weighted by molar-refractivity contribution is 0.202. The fourth-order valence-corrected chi connectivity index (χ4v) is 3.27. The maximum Gasteiger partial charge on any atom is 0.0292 e. The normalized spacial score (nSPS) is 20.1. The van der Waals surface area contributed by atoms with Crippen LogP contribution in [0, 0.1) is 5.41 Å². The van der Waals surface area contributed by atoms with Crippen LogP contribution in [-0.4, -0.2) is 6.54 Å². The molecule has 2 rings (SSSR count). The lowest BCUT2D eigenvalue weighted by atomic mass is 9.75. The highest BCUT2D eigenvalue weighted by atomic mass is 14.9. The third kappa shape index (κ3) is 4.09. The second kappa shape index (κ2) is 6.76. The van der Waals surface area contributed by atoms with E-state index < -0.39 is 0 Å². The van der Waals surface area contributed by atoms with Crippen molar-refractivity contribution in [3.8, 4) is 0 Å². The molecule has 1 unspecified atom stereocenters. The summed E-state index contributed by atoms with van der Waals surface area (Å²) < 4.78 is 0. The molecule has 0 amide bonds. The van der Waals surface area contributed by atoms with Crippen LogP contribution >= 0.6 is 0 Å². The molecule has 20 heavy (non-hydrogen) atoms. The molecule has 0 aliphatic heterocycles. The highest BCUT2D eigenvalue weighted by molar-refractivity contribution is 5.26. The molecule has 1 fully saturated rings. The molecular weight excluding hydrogens is 242 g/mol. The summed E-state index contributed by atoms with van der Waals surface area (Å²) in [5.74, 6) is 0.619. The molecule has 1 aromatic carbocycles. The first-order valence-electron chi connectivity index (χ1n) is 8.33. The van der Waals surface area contributed by atoms with Crippen molar-refractivity contribution >= 4 is 0 Å². The van der Waals surface area contributed by atoms with Crippen molar-refractivity contribution in [1.29, 1.82) is 0 Å². The minimum Gasteiger partial charge on any atom is -0.310 e. The smallest absolute Gasteiger partial charge is 0.0292 e. The summed E-state index contributed by atoms with van der Waals surface area (Å²) in [7, 11) is 0. The van der Waals surface area contributed by atoms with Crippen LogP contribution in [0.3, 0.4) is 0 Å². The first-order valence-corrected chi connectivity index (χ1v) is 8.33. The Balaban J connectivity index is 1.89. The van der Waals surface area contributed by atoms with E-state index in [2.05, 4.69) is 57.3 Å². The van der Waals surface area contributed by atoms with E-state index in [0.29, 0.717) is 17.4 Å². The Morgan fingerprint density at radius 2 is 1.50 bits per heavy atom. The molecule has 1 aliphatic rings. The molecule has 1 heteroatoms. The molecule has 1 saturated carbocycles. The van der Waals surface area contributed by atoms with Gasteiger partial charge in [-0.1, -0.05) is 64.3 Å². The van der Waals surface area contributed by atoms with Gasteiger partial charge in [-0.2, -0.15) is 0 Å². The highest BCUT2D eigenvalue weighted by Crippen LogP contribution is 2.35. The summed E-state index contributed by atoms with van der Waals surface area (Å²) in [6, 6.07) is 9.59. The Morgan fingerprint density at radius 3 is 2.05 bits per heavy atom. The first kappa shape index (κ1) is 15.6. The van der Waals surface area contributed by atoms with E-state index in [0.717, 1.165) is 6.54 Å². The maximum absolute atomic E-state index is 3.76. The number of nitrogens with one attached hydrogen (secondary N) is 1. The van der Waals surface area contributed by atoms with E-state index in [1.807, 2.05) is 0 Å². The summed E-state index contributed by atoms with van der Waals surface area (Å²) in [5.41, 5.74) is 3.36. The summed E-state index contributed by atoms with van der Waals surface area (Å²) >= 11 is 0. The van der Waals surface area contributed by atoms with Crippen molar-refractivity contribution in [2.24, 2.45) is 5.41 Å². The van der Waals surface area contributed by atoms with Crippen LogP contribution in [0.4, 0.5) is 0 Å². The zero-order valence-electron chi connectivity index (χ0n) is 13.7. The zero-order chi connectivity index (χ0) is 14.6. The van der Waals surface area contributed by atoms with Crippen molar-refractivity contribution < 1.29 is 0 Å². The number of rotatable bonds is 5. The lowest BCUT2D eigenvalue weighted by Crippen LogP contribution is -2.34. The topological polar surface area (TPSA) is 12.0 Å². The number of hydrogen-bond donors (Lipinski definition) is 1. The predicted octanol–water partition coefficient (Wildman–Crippen LogP) is 5.43. The van der Waals surface area contributed by atoms with Gasteiger partial charge in [0.15, 0.2) is 0 Å². The highest BCUT2D eigenvalue weighted by Gasteiger charge is 2.26. The van der Waals surface area contributed by atoms with Crippen molar-refractivity contribution in [2.45, 2.75) is 71.8 Å². The van der Waals surface area contributed by atoms with E-state index in [-0.39, 0.29) is 0 Å². The van der Waals surface area contributed by atoms with Crippen LogP contribution in [0.25, 0.3) is 0 Å². The van der Waals surface area contributed by atoms with Crippen molar-refractivity contribution in [3.63, 3.8) is 0 Å². The molecule has 0 heterocycles. The van der Waals surface area contributed by atoms with Gasteiger partial charge < -0.3 is 5.32 Å². The van der Waals surface area contributed by atoms with Crippen molar-refractivity contribution in [1.82, 2.24) is 5.32 Å². The minimum atomic E-state index is 0.454. The van der Waals surface area contributed by atoms with Gasteiger partial charge in [0.05, 0.1) is 0 Å². The predicted molar refractivity (Wildman–Crippen MR) is 88.1 cm³/mol. The molecule has 1 atom stereocenters. The van der Waals surface area contributed by atoms with Gasteiger partial charge in [-0.25, -0.2) is 0 Å². The van der Waals surface area contributed by atoms with Crippen LogP contribution in [0.5, 0.6) is 0 Å². The van der Waals surface area contributed by atoms with Gasteiger partial charge in [0, 0.05) is 12.6 Å². The molecular formula is C19H31N. The standard InChI is InChI=1S/C19H31N/c1-15(2)17-8-10-18(11-9-17)16(3)20-14-19(4)12-6-5-7-13-19/h8-11,15-16,20H,5-7,12-14H2,1-4H3. The van der Waals surface area contributed by atoms with Crippen molar-refractivity contribution in [2.75, 3.05) is 6.54 Å². The Hall–Kier alpha value is -0.820. The Kier molecular flexibility index (Phi) is 5.26. The van der Waals surface area contributed by atoms with E-state index in [9.17, 15) is 0 Å². The molecule has 0 bridgehead atoms. The third-order valence-corrected chi connectivity index (χ3v) is 5.00. The van der Waals surface area contributed by atoms with Crippen LogP contribution in [0.15, 0.2) is 24.3 Å². The average Bonchev–Trinajstić information content (AvgIpc) is 2.46. The van der Waals surface area contributed by atoms with Crippen LogP contribution in [-0.2, 0) is 0 Å². The third-order valence-electron chi connectivity index (χ3n) is 5.00. The monoisotopic (exact) mass is 273 g/mol. The molecule has 1 aliphatic carbocycles. The fraction of sp³-hybridized carbons (Fsp3) is 0.684. The van der Waals surface area contributed by atoms with Crippen molar-refractivity contribution in [3.05, 3.63) is 35.4 Å². The first-order chi connectivity index (χ1) is 9.50. The van der Waals surface area contributed by atoms with Crippen LogP contribution in [0.1, 0.15) is 82.9 Å². The minimum absolute atomic E-state index is 0.454. The summed E-state index contributed by atoms with van der Waals surface area (Å²) in [6.07, 6.45) is 7.03. The largest absolute Gasteiger partial charge is 0.310 e. The van der Waals surface area contributed by atoms with Gasteiger partial charge in [-0.3, -0.25) is 0 Å². The molecule has 0 aromatic heterocycles. The van der Waals surface area contributed by atoms with Gasteiger partial charge in [-0.15, -0.1) is 0 Å². The van der Waals surface area contributed by atoms with Crippen LogP contribution < -0.4 is 5.32 Å². The Morgan fingerprint density at radius 1 is 0.950 bits per heavy atom. The molecule has 1 N–H and O–H groups in total. The summed E-state index contributed by atoms with van der Waals surface area (Å²) in [6.45, 7) is 10.4. The van der Waals surface area contributed by atoms with Gasteiger partial charge in [0.25, 0.3) is 0 Å². The number of benzene rings is 1. The summed E-state index contributed by atoms with van der Waals surface area (Å²) in [5, 5.41) is 3.76.